The van der Waals surface area contributed by atoms with Gasteiger partial charge in [-0.3, -0.25) is 4.79 Å². The highest BCUT2D eigenvalue weighted by atomic mass is 79.9. The van der Waals surface area contributed by atoms with E-state index >= 15 is 0 Å². The lowest BCUT2D eigenvalue weighted by Crippen LogP contribution is -2.07. The molecule has 2 aromatic carbocycles. The average molecular weight is 346 g/mol. The second-order valence-electron chi connectivity index (χ2n) is 3.96. The van der Waals surface area contributed by atoms with Gasteiger partial charge in [0.05, 0.1) is 5.56 Å². The molecule has 0 saturated carbocycles. The molecule has 0 N–H and O–H groups in total. The summed E-state index contributed by atoms with van der Waals surface area (Å²) in [6, 6.07) is 7.79. The van der Waals surface area contributed by atoms with Gasteiger partial charge in [0.15, 0.2) is 5.78 Å². The van der Waals surface area contributed by atoms with Gasteiger partial charge in [0.25, 0.3) is 0 Å². The van der Waals surface area contributed by atoms with E-state index in [-0.39, 0.29) is 17.0 Å². The summed E-state index contributed by atoms with van der Waals surface area (Å²) in [6.07, 6.45) is -0.102. The Morgan fingerprint density at radius 2 is 1.89 bits per heavy atom. The lowest BCUT2D eigenvalue weighted by atomic mass is 10.0. The van der Waals surface area contributed by atoms with Crippen molar-refractivity contribution in [1.82, 2.24) is 0 Å². The molecule has 0 radical (unpaired) electrons. The smallest absolute Gasteiger partial charge is 0.170 e. The first-order valence-electron chi connectivity index (χ1n) is 5.39. The van der Waals surface area contributed by atoms with Gasteiger partial charge in [0.2, 0.25) is 0 Å². The quantitative estimate of drug-likeness (QED) is 0.730. The van der Waals surface area contributed by atoms with Crippen molar-refractivity contribution >= 4 is 33.3 Å². The summed E-state index contributed by atoms with van der Waals surface area (Å²) in [5.41, 5.74) is 0.369. The molecule has 2 aromatic rings. The van der Waals surface area contributed by atoms with Crippen LogP contribution in [0.5, 0.6) is 0 Å². The summed E-state index contributed by atoms with van der Waals surface area (Å²) in [7, 11) is 0. The second kappa shape index (κ2) is 5.80. The van der Waals surface area contributed by atoms with Gasteiger partial charge in [0, 0.05) is 15.9 Å². The van der Waals surface area contributed by atoms with Crippen molar-refractivity contribution in [2.75, 3.05) is 0 Å². The Morgan fingerprint density at radius 1 is 1.16 bits per heavy atom. The van der Waals surface area contributed by atoms with Gasteiger partial charge in [-0.05, 0) is 42.0 Å². The van der Waals surface area contributed by atoms with Crippen LogP contribution in [0, 0.1) is 11.6 Å². The predicted molar refractivity (Wildman–Crippen MR) is 73.5 cm³/mol. The molecule has 0 unspecified atom stereocenters. The molecule has 5 heteroatoms. The minimum Gasteiger partial charge on any atom is -0.294 e. The lowest BCUT2D eigenvalue weighted by molar-refractivity contribution is 0.0989. The van der Waals surface area contributed by atoms with Crippen molar-refractivity contribution < 1.29 is 13.6 Å². The van der Waals surface area contributed by atoms with Crippen molar-refractivity contribution in [3.05, 3.63) is 68.7 Å². The molecule has 0 saturated heterocycles. The highest BCUT2D eigenvalue weighted by Gasteiger charge is 2.14. The highest BCUT2D eigenvalue weighted by molar-refractivity contribution is 9.10. The van der Waals surface area contributed by atoms with Crippen LogP contribution in [0.25, 0.3) is 0 Å². The average Bonchev–Trinajstić information content (AvgIpc) is 2.36. The molecule has 1 nitrogen and oxygen atoms in total. The Morgan fingerprint density at radius 3 is 2.63 bits per heavy atom. The largest absolute Gasteiger partial charge is 0.294 e. The zero-order chi connectivity index (χ0) is 14.0. The van der Waals surface area contributed by atoms with Crippen LogP contribution in [-0.4, -0.2) is 5.78 Å². The number of hydrogen-bond donors (Lipinski definition) is 0. The Hall–Kier alpha value is -1.26. The molecule has 0 aliphatic rings. The summed E-state index contributed by atoms with van der Waals surface area (Å²) in [5.74, 6) is -1.54. The summed E-state index contributed by atoms with van der Waals surface area (Å²) in [6.45, 7) is 0. The lowest BCUT2D eigenvalue weighted by Gasteiger charge is -2.06. The van der Waals surface area contributed by atoms with Gasteiger partial charge in [-0.2, -0.15) is 0 Å². The molecule has 98 valence electrons. The SMILES string of the molecule is O=C(Cc1cc(F)ccc1Br)c1cc(Cl)ccc1F. The van der Waals surface area contributed by atoms with Crippen LogP contribution >= 0.6 is 27.5 Å². The number of carbonyl (C=O) groups excluding carboxylic acids is 1. The molecule has 0 aliphatic heterocycles. The van der Waals surface area contributed by atoms with E-state index in [1.54, 1.807) is 0 Å². The summed E-state index contributed by atoms with van der Waals surface area (Å²) >= 11 is 8.96. The first-order valence-corrected chi connectivity index (χ1v) is 6.56. The maximum Gasteiger partial charge on any atom is 0.170 e. The van der Waals surface area contributed by atoms with E-state index in [4.69, 9.17) is 11.6 Å². The van der Waals surface area contributed by atoms with E-state index in [9.17, 15) is 13.6 Å². The third kappa shape index (κ3) is 3.39. The molecular formula is C14H8BrClF2O. The molecule has 0 amide bonds. The standard InChI is InChI=1S/C14H8BrClF2O/c15-12-3-2-10(17)5-8(12)6-14(19)11-7-9(16)1-4-13(11)18/h1-5,7H,6H2. The normalized spacial score (nSPS) is 10.5. The molecule has 0 heterocycles. The van der Waals surface area contributed by atoms with E-state index in [0.717, 1.165) is 6.07 Å². The van der Waals surface area contributed by atoms with Gasteiger partial charge in [-0.25, -0.2) is 8.78 Å². The topological polar surface area (TPSA) is 17.1 Å². The Kier molecular flexibility index (Phi) is 4.32. The molecule has 0 spiro atoms. The van der Waals surface area contributed by atoms with Crippen molar-refractivity contribution in [2.45, 2.75) is 6.42 Å². The van der Waals surface area contributed by atoms with Crippen LogP contribution in [0.3, 0.4) is 0 Å². The fourth-order valence-corrected chi connectivity index (χ4v) is 2.22. The molecule has 0 atom stereocenters. The van der Waals surface area contributed by atoms with Crippen LogP contribution in [-0.2, 0) is 6.42 Å². The molecule has 0 aromatic heterocycles. The third-order valence-corrected chi connectivity index (χ3v) is 3.60. The maximum absolute atomic E-state index is 13.5. The van der Waals surface area contributed by atoms with Gasteiger partial charge in [-0.1, -0.05) is 27.5 Å². The van der Waals surface area contributed by atoms with Crippen molar-refractivity contribution in [1.29, 1.82) is 0 Å². The van der Waals surface area contributed by atoms with Crippen molar-refractivity contribution in [2.24, 2.45) is 0 Å². The number of rotatable bonds is 3. The van der Waals surface area contributed by atoms with Crippen LogP contribution in [0.15, 0.2) is 40.9 Å². The number of Topliss-reactive ketones (excluding diaryl/α,β-unsaturated/α-hetero) is 1. The first kappa shape index (κ1) is 14.2. The van der Waals surface area contributed by atoms with Gasteiger partial charge < -0.3 is 0 Å². The zero-order valence-electron chi connectivity index (χ0n) is 9.59. The van der Waals surface area contributed by atoms with Crippen LogP contribution in [0.1, 0.15) is 15.9 Å². The fraction of sp³-hybridized carbons (Fsp3) is 0.0714. The molecular weight excluding hydrogens is 338 g/mol. The van der Waals surface area contributed by atoms with E-state index in [1.165, 1.54) is 30.3 Å². The van der Waals surface area contributed by atoms with Gasteiger partial charge in [-0.15, -0.1) is 0 Å². The number of benzene rings is 2. The van der Waals surface area contributed by atoms with Gasteiger partial charge >= 0.3 is 0 Å². The number of ketones is 1. The monoisotopic (exact) mass is 344 g/mol. The zero-order valence-corrected chi connectivity index (χ0v) is 11.9. The van der Waals surface area contributed by atoms with Gasteiger partial charge in [0.1, 0.15) is 11.6 Å². The van der Waals surface area contributed by atoms with Crippen LogP contribution < -0.4 is 0 Å². The fourth-order valence-electron chi connectivity index (χ4n) is 1.66. The predicted octanol–water partition coefficient (Wildman–Crippen LogP) is 4.81. The summed E-state index contributed by atoms with van der Waals surface area (Å²) in [4.78, 5) is 12.0. The van der Waals surface area contributed by atoms with Crippen molar-refractivity contribution in [3.8, 4) is 0 Å². The van der Waals surface area contributed by atoms with E-state index < -0.39 is 17.4 Å². The highest BCUT2D eigenvalue weighted by Crippen LogP contribution is 2.22. The number of carbonyl (C=O) groups is 1. The Balaban J connectivity index is 2.30. The molecule has 0 aliphatic carbocycles. The molecule has 0 bridgehead atoms. The Bertz CT molecular complexity index is 643. The molecule has 2 rings (SSSR count). The molecule has 19 heavy (non-hydrogen) atoms. The van der Waals surface area contributed by atoms with Crippen LogP contribution in [0.4, 0.5) is 8.78 Å². The summed E-state index contributed by atoms with van der Waals surface area (Å²) in [5, 5.41) is 0.281. The second-order valence-corrected chi connectivity index (χ2v) is 5.25. The molecule has 0 fully saturated rings. The van der Waals surface area contributed by atoms with E-state index in [0.29, 0.717) is 10.0 Å². The van der Waals surface area contributed by atoms with Crippen LogP contribution in [0.2, 0.25) is 5.02 Å². The number of halogens is 4. The van der Waals surface area contributed by atoms with E-state index in [2.05, 4.69) is 15.9 Å². The van der Waals surface area contributed by atoms with Crippen molar-refractivity contribution in [3.63, 3.8) is 0 Å². The Labute approximate surface area is 122 Å². The first-order chi connectivity index (χ1) is 8.97. The number of hydrogen-bond acceptors (Lipinski definition) is 1. The third-order valence-electron chi connectivity index (χ3n) is 2.59. The minimum absolute atomic E-state index is 0.0938. The van der Waals surface area contributed by atoms with E-state index in [1.807, 2.05) is 0 Å². The minimum atomic E-state index is -0.637. The maximum atomic E-state index is 13.5. The summed E-state index contributed by atoms with van der Waals surface area (Å²) < 4.78 is 27.3.